The second-order valence-electron chi connectivity index (χ2n) is 3.05. The number of fused-ring (bicyclic) bond motifs is 1. The van der Waals surface area contributed by atoms with Gasteiger partial charge in [-0.1, -0.05) is 11.8 Å². The first-order valence-corrected chi connectivity index (χ1v) is 5.00. The highest BCUT2D eigenvalue weighted by Crippen LogP contribution is 2.32. The van der Waals surface area contributed by atoms with E-state index in [1.807, 2.05) is 0 Å². The van der Waals surface area contributed by atoms with E-state index < -0.39 is 12.2 Å². The Morgan fingerprint density at radius 3 is 3.08 bits per heavy atom. The van der Waals surface area contributed by atoms with Crippen molar-refractivity contribution >= 4 is 16.9 Å². The van der Waals surface area contributed by atoms with E-state index in [2.05, 4.69) is 10.3 Å². The van der Waals surface area contributed by atoms with E-state index >= 15 is 0 Å². The van der Waals surface area contributed by atoms with Crippen LogP contribution in [0.1, 0.15) is 0 Å². The third-order valence-corrected chi connectivity index (χ3v) is 3.34. The SMILES string of the molecule is CNC1=NC2C(OCC(O)C2O)S1. The summed E-state index contributed by atoms with van der Waals surface area (Å²) in [7, 11) is 1.77. The van der Waals surface area contributed by atoms with Gasteiger partial charge in [0.05, 0.1) is 6.61 Å². The van der Waals surface area contributed by atoms with Gasteiger partial charge in [-0.15, -0.1) is 0 Å². The first-order valence-electron chi connectivity index (χ1n) is 4.12. The number of aliphatic hydroxyl groups excluding tert-OH is 2. The topological polar surface area (TPSA) is 74.1 Å². The molecule has 0 saturated carbocycles. The van der Waals surface area contributed by atoms with Crippen molar-refractivity contribution in [3.8, 4) is 0 Å². The van der Waals surface area contributed by atoms with Crippen molar-refractivity contribution in [2.45, 2.75) is 23.7 Å². The van der Waals surface area contributed by atoms with Crippen molar-refractivity contribution in [2.75, 3.05) is 13.7 Å². The molecule has 0 aromatic rings. The van der Waals surface area contributed by atoms with Gasteiger partial charge in [0.25, 0.3) is 0 Å². The van der Waals surface area contributed by atoms with Crippen LogP contribution in [0, 0.1) is 0 Å². The van der Waals surface area contributed by atoms with Crippen LogP contribution in [0.5, 0.6) is 0 Å². The van der Waals surface area contributed by atoms with E-state index in [1.54, 1.807) is 7.05 Å². The minimum Gasteiger partial charge on any atom is -0.388 e. The lowest BCUT2D eigenvalue weighted by Crippen LogP contribution is -2.49. The predicted octanol–water partition coefficient (Wildman–Crippen LogP) is -1.24. The molecular weight excluding hydrogens is 192 g/mol. The zero-order valence-electron chi connectivity index (χ0n) is 7.17. The molecule has 5 nitrogen and oxygen atoms in total. The van der Waals surface area contributed by atoms with Gasteiger partial charge in [-0.25, -0.2) is 0 Å². The van der Waals surface area contributed by atoms with Gasteiger partial charge < -0.3 is 20.3 Å². The normalized spacial score (nSPS) is 44.1. The van der Waals surface area contributed by atoms with Crippen LogP contribution >= 0.6 is 11.8 Å². The molecular formula is C7H12N2O3S. The zero-order valence-corrected chi connectivity index (χ0v) is 7.99. The maximum atomic E-state index is 9.58. The van der Waals surface area contributed by atoms with E-state index in [4.69, 9.17) is 4.74 Å². The molecule has 6 heteroatoms. The number of aliphatic imine (C=N–C) groups is 1. The van der Waals surface area contributed by atoms with Crippen molar-refractivity contribution in [3.63, 3.8) is 0 Å². The molecule has 4 unspecified atom stereocenters. The second kappa shape index (κ2) is 3.45. The standard InChI is InChI=1S/C7H12N2O3S/c1-8-7-9-4-5(11)3(10)2-12-6(4)13-7/h3-6,10-11H,2H2,1H3,(H,8,9). The van der Waals surface area contributed by atoms with Gasteiger partial charge in [-0.3, -0.25) is 4.99 Å². The molecule has 74 valence electrons. The van der Waals surface area contributed by atoms with E-state index in [0.29, 0.717) is 0 Å². The summed E-state index contributed by atoms with van der Waals surface area (Å²) in [6.07, 6.45) is -1.63. The summed E-state index contributed by atoms with van der Waals surface area (Å²) < 4.78 is 5.32. The molecule has 0 aliphatic carbocycles. The summed E-state index contributed by atoms with van der Waals surface area (Å²) in [6, 6.07) is -0.337. The summed E-state index contributed by atoms with van der Waals surface area (Å²) in [5.41, 5.74) is -0.152. The Bertz CT molecular complexity index is 236. The molecule has 3 N–H and O–H groups in total. The Hall–Kier alpha value is -0.300. The van der Waals surface area contributed by atoms with Crippen molar-refractivity contribution in [1.29, 1.82) is 0 Å². The lowest BCUT2D eigenvalue weighted by molar-refractivity contribution is -0.105. The van der Waals surface area contributed by atoms with Gasteiger partial charge in [-0.2, -0.15) is 0 Å². The minimum absolute atomic E-state index is 0.152. The summed E-state index contributed by atoms with van der Waals surface area (Å²) >= 11 is 1.45. The molecule has 2 rings (SSSR count). The van der Waals surface area contributed by atoms with Crippen molar-refractivity contribution in [2.24, 2.45) is 4.99 Å². The number of rotatable bonds is 0. The first kappa shape index (κ1) is 9.26. The number of ether oxygens (including phenoxy) is 1. The van der Waals surface area contributed by atoms with Gasteiger partial charge in [0.15, 0.2) is 5.17 Å². The molecule has 13 heavy (non-hydrogen) atoms. The van der Waals surface area contributed by atoms with Crippen LogP contribution in [0.25, 0.3) is 0 Å². The number of hydrogen-bond donors (Lipinski definition) is 3. The van der Waals surface area contributed by atoms with Gasteiger partial charge in [0, 0.05) is 7.05 Å². The average Bonchev–Trinajstić information content (AvgIpc) is 2.55. The quantitative estimate of drug-likeness (QED) is 0.460. The molecule has 2 aliphatic rings. The molecule has 0 spiro atoms. The van der Waals surface area contributed by atoms with Crippen LogP contribution in [0.2, 0.25) is 0 Å². The van der Waals surface area contributed by atoms with Crippen LogP contribution in [0.15, 0.2) is 4.99 Å². The number of nitrogens with zero attached hydrogens (tertiary/aromatic N) is 1. The Labute approximate surface area is 80.2 Å². The van der Waals surface area contributed by atoms with Gasteiger partial charge in [0.1, 0.15) is 23.7 Å². The fourth-order valence-electron chi connectivity index (χ4n) is 1.42. The van der Waals surface area contributed by atoms with E-state index in [9.17, 15) is 10.2 Å². The molecule has 4 atom stereocenters. The van der Waals surface area contributed by atoms with Crippen LogP contribution in [0.4, 0.5) is 0 Å². The minimum atomic E-state index is -0.818. The van der Waals surface area contributed by atoms with Crippen LogP contribution in [-0.2, 0) is 4.74 Å². The number of aliphatic hydroxyl groups is 2. The predicted molar refractivity (Wildman–Crippen MR) is 49.6 cm³/mol. The van der Waals surface area contributed by atoms with Crippen molar-refractivity contribution in [1.82, 2.24) is 5.32 Å². The lowest BCUT2D eigenvalue weighted by Gasteiger charge is -2.31. The monoisotopic (exact) mass is 204 g/mol. The summed E-state index contributed by atoms with van der Waals surface area (Å²) in [4.78, 5) is 4.19. The van der Waals surface area contributed by atoms with Crippen LogP contribution in [-0.4, -0.2) is 52.7 Å². The lowest BCUT2D eigenvalue weighted by atomic mass is 10.1. The third kappa shape index (κ3) is 1.54. The van der Waals surface area contributed by atoms with Gasteiger partial charge in [-0.05, 0) is 0 Å². The first-order chi connectivity index (χ1) is 6.22. The summed E-state index contributed by atoms with van der Waals surface area (Å²) in [5, 5.41) is 22.5. The molecule has 0 aromatic carbocycles. The second-order valence-corrected chi connectivity index (χ2v) is 4.14. The Balaban J connectivity index is 2.11. The van der Waals surface area contributed by atoms with E-state index in [1.165, 1.54) is 11.8 Å². The molecule has 0 radical (unpaired) electrons. The van der Waals surface area contributed by atoms with Crippen molar-refractivity contribution in [3.05, 3.63) is 0 Å². The largest absolute Gasteiger partial charge is 0.388 e. The van der Waals surface area contributed by atoms with Gasteiger partial charge in [0.2, 0.25) is 0 Å². The highest BCUT2D eigenvalue weighted by atomic mass is 32.2. The summed E-state index contributed by atoms with van der Waals surface area (Å²) in [5.74, 6) is 0. The van der Waals surface area contributed by atoms with Crippen molar-refractivity contribution < 1.29 is 14.9 Å². The average molecular weight is 204 g/mol. The van der Waals surface area contributed by atoms with Crippen LogP contribution < -0.4 is 5.32 Å². The maximum Gasteiger partial charge on any atom is 0.159 e. The Morgan fingerprint density at radius 2 is 2.38 bits per heavy atom. The number of thioether (sulfide) groups is 1. The molecule has 0 bridgehead atoms. The smallest absolute Gasteiger partial charge is 0.159 e. The maximum absolute atomic E-state index is 9.58. The van der Waals surface area contributed by atoms with Gasteiger partial charge >= 0.3 is 0 Å². The highest BCUT2D eigenvalue weighted by molar-refractivity contribution is 8.14. The highest BCUT2D eigenvalue weighted by Gasteiger charge is 2.43. The van der Waals surface area contributed by atoms with E-state index in [-0.39, 0.29) is 18.1 Å². The fourth-order valence-corrected chi connectivity index (χ4v) is 2.45. The molecule has 0 aromatic heterocycles. The van der Waals surface area contributed by atoms with E-state index in [0.717, 1.165) is 5.17 Å². The molecule has 1 fully saturated rings. The third-order valence-electron chi connectivity index (χ3n) is 2.16. The number of amidine groups is 1. The zero-order chi connectivity index (χ0) is 9.42. The Kier molecular flexibility index (Phi) is 2.46. The molecule has 0 amide bonds. The Morgan fingerprint density at radius 1 is 1.62 bits per heavy atom. The van der Waals surface area contributed by atoms with Crippen LogP contribution in [0.3, 0.4) is 0 Å². The fraction of sp³-hybridized carbons (Fsp3) is 0.857. The number of nitrogens with one attached hydrogen (secondary N) is 1. The number of hydrogen-bond acceptors (Lipinski definition) is 6. The molecule has 2 heterocycles. The molecule has 2 aliphatic heterocycles. The molecule has 1 saturated heterocycles. The summed E-state index contributed by atoms with van der Waals surface area (Å²) in [6.45, 7) is 0.182.